The number of anilines is 2. The smallest absolute Gasteiger partial charge is 0.323 e. The van der Waals surface area contributed by atoms with Crippen LogP contribution in [0.25, 0.3) is 0 Å². The Morgan fingerprint density at radius 1 is 0.630 bits per heavy atom. The Morgan fingerprint density at radius 3 is 1.85 bits per heavy atom. The van der Waals surface area contributed by atoms with E-state index in [1.165, 1.54) is 11.1 Å². The first-order valence-corrected chi connectivity index (χ1v) is 18.3. The number of benzene rings is 6. The van der Waals surface area contributed by atoms with Gasteiger partial charge in [0.2, 0.25) is 0 Å². The van der Waals surface area contributed by atoms with Crippen molar-refractivity contribution in [2.75, 3.05) is 17.2 Å². The van der Waals surface area contributed by atoms with Crippen LogP contribution in [0.2, 0.25) is 0 Å². The maximum absolute atomic E-state index is 13.1. The first-order chi connectivity index (χ1) is 26.5. The lowest BCUT2D eigenvalue weighted by Crippen LogP contribution is -2.44. The maximum Gasteiger partial charge on any atom is 0.323 e. The third-order valence-corrected chi connectivity index (χ3v) is 9.57. The maximum atomic E-state index is 13.1. The molecule has 1 heterocycles. The summed E-state index contributed by atoms with van der Waals surface area (Å²) in [6.45, 7) is 4.36. The van der Waals surface area contributed by atoms with Gasteiger partial charge in [-0.1, -0.05) is 122 Å². The summed E-state index contributed by atoms with van der Waals surface area (Å²) in [6.07, 6.45) is -1.15. The van der Waals surface area contributed by atoms with Crippen LogP contribution in [0.4, 0.5) is 16.2 Å². The van der Waals surface area contributed by atoms with E-state index in [9.17, 15) is 9.90 Å². The van der Waals surface area contributed by atoms with Crippen LogP contribution < -0.4 is 15.4 Å². The van der Waals surface area contributed by atoms with Crippen molar-refractivity contribution in [3.05, 3.63) is 192 Å². The number of aliphatic hydroxyl groups is 1. The van der Waals surface area contributed by atoms with E-state index in [0.717, 1.165) is 35.5 Å². The second kappa shape index (κ2) is 17.8. The van der Waals surface area contributed by atoms with Crippen molar-refractivity contribution in [2.45, 2.75) is 45.1 Å². The topological polar surface area (TPSA) is 92.3 Å². The minimum absolute atomic E-state index is 0.00633. The molecule has 0 spiro atoms. The minimum atomic E-state index is -0.689. The number of hydrogen-bond acceptors (Lipinski definition) is 6. The molecule has 8 nitrogen and oxygen atoms in total. The highest BCUT2D eigenvalue weighted by Crippen LogP contribution is 2.42. The third-order valence-electron chi connectivity index (χ3n) is 9.57. The summed E-state index contributed by atoms with van der Waals surface area (Å²) in [7, 11) is 0. The summed E-state index contributed by atoms with van der Waals surface area (Å²) in [5, 5.41) is 15.6. The van der Waals surface area contributed by atoms with Gasteiger partial charge in [-0.2, -0.15) is 0 Å². The van der Waals surface area contributed by atoms with Gasteiger partial charge in [-0.15, -0.1) is 0 Å². The highest BCUT2D eigenvalue weighted by Gasteiger charge is 2.39. The molecular formula is C46H45N3O5. The number of urea groups is 1. The zero-order valence-corrected chi connectivity index (χ0v) is 30.3. The summed E-state index contributed by atoms with van der Waals surface area (Å²) in [5.74, 6) is 1.42. The molecule has 7 rings (SSSR count). The number of carbonyl (C=O) groups excluding carboxylic acids is 1. The van der Waals surface area contributed by atoms with Gasteiger partial charge in [0.15, 0.2) is 6.29 Å². The van der Waals surface area contributed by atoms with Crippen molar-refractivity contribution in [2.24, 2.45) is 5.92 Å². The van der Waals surface area contributed by atoms with Gasteiger partial charge in [-0.25, -0.2) is 4.79 Å². The molecule has 6 aromatic rings. The zero-order chi connectivity index (χ0) is 37.1. The van der Waals surface area contributed by atoms with E-state index in [4.69, 9.17) is 14.2 Å². The number of hydrogen-bond donors (Lipinski definition) is 3. The first-order valence-electron chi connectivity index (χ1n) is 18.3. The SMILES string of the molecule is CC1C(CN(Cc2ccccc2)Cc2ccccc2)OC(c2cccc(NC(=O)Nc3ccc(Oc4ccccc4)cc3)c2)OC1c1ccc(CO)cc1. The Kier molecular flexibility index (Phi) is 12.1. The Morgan fingerprint density at radius 2 is 1.22 bits per heavy atom. The molecule has 0 aromatic heterocycles. The normalized spacial score (nSPS) is 18.2. The molecule has 4 unspecified atom stereocenters. The first kappa shape index (κ1) is 36.6. The van der Waals surface area contributed by atoms with Crippen molar-refractivity contribution in [1.82, 2.24) is 4.90 Å². The molecule has 1 fully saturated rings. The van der Waals surface area contributed by atoms with Crippen LogP contribution in [0.15, 0.2) is 164 Å². The highest BCUT2D eigenvalue weighted by atomic mass is 16.7. The third kappa shape index (κ3) is 9.80. The van der Waals surface area contributed by atoms with Crippen LogP contribution in [0, 0.1) is 5.92 Å². The van der Waals surface area contributed by atoms with Gasteiger partial charge < -0.3 is 30.0 Å². The Hall–Kier alpha value is -5.77. The molecule has 0 aliphatic carbocycles. The highest BCUT2D eigenvalue weighted by molar-refractivity contribution is 5.99. The van der Waals surface area contributed by atoms with Gasteiger partial charge in [0.25, 0.3) is 0 Å². The molecule has 54 heavy (non-hydrogen) atoms. The second-order valence-corrected chi connectivity index (χ2v) is 13.6. The average Bonchev–Trinajstić information content (AvgIpc) is 3.21. The molecule has 4 atom stereocenters. The predicted octanol–water partition coefficient (Wildman–Crippen LogP) is 10.1. The van der Waals surface area contributed by atoms with Crippen molar-refractivity contribution in [3.8, 4) is 11.5 Å². The standard InChI is InChI=1S/C46H45N3O5/c1-33-43(31-49(29-34-12-5-2-6-13-34)30-35-14-7-3-8-15-35)53-45(54-44(33)37-22-20-36(32-50)21-23-37)38-16-11-17-40(28-38)48-46(51)47-39-24-26-42(27-25-39)52-41-18-9-4-10-19-41/h2-28,33,43-45,50H,29-32H2,1H3,(H2,47,48,51). The molecule has 1 aliphatic heterocycles. The van der Waals surface area contributed by atoms with E-state index >= 15 is 0 Å². The summed E-state index contributed by atoms with van der Waals surface area (Å²) in [5.41, 5.74) is 6.35. The number of ether oxygens (including phenoxy) is 3. The number of nitrogens with zero attached hydrogens (tertiary/aromatic N) is 1. The fraction of sp³-hybridized carbons (Fsp3) is 0.196. The van der Waals surface area contributed by atoms with Gasteiger partial charge in [-0.05, 0) is 70.8 Å². The van der Waals surface area contributed by atoms with Gasteiger partial charge in [0, 0.05) is 42.5 Å². The van der Waals surface area contributed by atoms with Gasteiger partial charge in [0.05, 0.1) is 18.8 Å². The largest absolute Gasteiger partial charge is 0.457 e. The quantitative estimate of drug-likeness (QED) is 0.110. The number of rotatable bonds is 13. The van der Waals surface area contributed by atoms with E-state index in [1.54, 1.807) is 12.1 Å². The Labute approximate surface area is 317 Å². The zero-order valence-electron chi connectivity index (χ0n) is 30.3. The lowest BCUT2D eigenvalue weighted by molar-refractivity contribution is -0.276. The number of aliphatic hydroxyl groups excluding tert-OH is 1. The summed E-state index contributed by atoms with van der Waals surface area (Å²) in [6, 6.07) is 52.9. The molecule has 8 heteroatoms. The fourth-order valence-electron chi connectivity index (χ4n) is 6.74. The Balaban J connectivity index is 1.08. The lowest BCUT2D eigenvalue weighted by atomic mass is 9.89. The van der Waals surface area contributed by atoms with Gasteiger partial charge in [0.1, 0.15) is 11.5 Å². The van der Waals surface area contributed by atoms with Crippen molar-refractivity contribution >= 4 is 17.4 Å². The average molecular weight is 720 g/mol. The number of nitrogens with one attached hydrogen (secondary N) is 2. The monoisotopic (exact) mass is 719 g/mol. The van der Waals surface area contributed by atoms with Crippen molar-refractivity contribution in [1.29, 1.82) is 0 Å². The molecule has 3 N–H and O–H groups in total. The van der Waals surface area contributed by atoms with E-state index in [0.29, 0.717) is 23.7 Å². The van der Waals surface area contributed by atoms with Crippen LogP contribution in [0.1, 0.15) is 47.1 Å². The van der Waals surface area contributed by atoms with Crippen molar-refractivity contribution in [3.63, 3.8) is 0 Å². The van der Waals surface area contributed by atoms with Gasteiger partial charge in [-0.3, -0.25) is 4.90 Å². The van der Waals surface area contributed by atoms with Crippen LogP contribution in [-0.4, -0.2) is 28.7 Å². The van der Waals surface area contributed by atoms with E-state index < -0.39 is 6.29 Å². The molecule has 1 saturated heterocycles. The number of amides is 2. The molecule has 6 aromatic carbocycles. The van der Waals surface area contributed by atoms with Crippen LogP contribution in [0.5, 0.6) is 11.5 Å². The van der Waals surface area contributed by atoms with Crippen LogP contribution in [-0.2, 0) is 29.2 Å². The molecular weight excluding hydrogens is 675 g/mol. The van der Waals surface area contributed by atoms with Crippen LogP contribution >= 0.6 is 0 Å². The van der Waals surface area contributed by atoms with E-state index in [1.807, 2.05) is 103 Å². The number of carbonyl (C=O) groups is 1. The number of para-hydroxylation sites is 1. The second-order valence-electron chi connectivity index (χ2n) is 13.6. The Bertz CT molecular complexity index is 2020. The van der Waals surface area contributed by atoms with Crippen molar-refractivity contribution < 1.29 is 24.1 Å². The van der Waals surface area contributed by atoms with E-state index in [-0.39, 0.29) is 30.8 Å². The van der Waals surface area contributed by atoms with Gasteiger partial charge >= 0.3 is 6.03 Å². The molecule has 0 saturated carbocycles. The minimum Gasteiger partial charge on any atom is -0.457 e. The molecule has 2 amide bonds. The van der Waals surface area contributed by atoms with E-state index in [2.05, 4.69) is 71.0 Å². The molecule has 274 valence electrons. The summed E-state index contributed by atoms with van der Waals surface area (Å²) in [4.78, 5) is 15.5. The molecule has 1 aliphatic rings. The van der Waals surface area contributed by atoms with Crippen LogP contribution in [0.3, 0.4) is 0 Å². The fourth-order valence-corrected chi connectivity index (χ4v) is 6.74. The summed E-state index contributed by atoms with van der Waals surface area (Å²) >= 11 is 0. The molecule has 0 radical (unpaired) electrons. The molecule has 0 bridgehead atoms. The summed E-state index contributed by atoms with van der Waals surface area (Å²) < 4.78 is 19.5. The predicted molar refractivity (Wildman–Crippen MR) is 212 cm³/mol. The lowest BCUT2D eigenvalue weighted by Gasteiger charge is -2.43.